The summed E-state index contributed by atoms with van der Waals surface area (Å²) in [6.45, 7) is 0.762. The Bertz CT molecular complexity index is 1020. The zero-order valence-electron chi connectivity index (χ0n) is 16.2. The minimum Gasteiger partial charge on any atom is -0.456 e. The highest BCUT2D eigenvalue weighted by Gasteiger charge is 2.17. The van der Waals surface area contributed by atoms with Crippen LogP contribution < -0.4 is 10.0 Å². The van der Waals surface area contributed by atoms with Gasteiger partial charge in [0.1, 0.15) is 6.54 Å². The van der Waals surface area contributed by atoms with Crippen molar-refractivity contribution in [1.82, 2.24) is 4.72 Å². The quantitative estimate of drug-likeness (QED) is 0.385. The van der Waals surface area contributed by atoms with Gasteiger partial charge in [0.2, 0.25) is 15.9 Å². The second kappa shape index (κ2) is 11.0. The molecule has 0 aliphatic heterocycles. The number of sulfonamides is 1. The average molecular weight is 497 g/mol. The van der Waals surface area contributed by atoms with Gasteiger partial charge in [-0.15, -0.1) is 0 Å². The van der Waals surface area contributed by atoms with Crippen LogP contribution in [-0.2, 0) is 24.3 Å². The lowest BCUT2D eigenvalue weighted by Crippen LogP contribution is -2.31. The Morgan fingerprint density at radius 1 is 1.07 bits per heavy atom. The number of halogens is 1. The van der Waals surface area contributed by atoms with Crippen molar-refractivity contribution in [2.75, 3.05) is 18.5 Å². The van der Waals surface area contributed by atoms with Gasteiger partial charge in [0, 0.05) is 22.1 Å². The number of nitrogens with one attached hydrogen (secondary N) is 2. The molecule has 0 aromatic heterocycles. The van der Waals surface area contributed by atoms with Crippen LogP contribution in [-0.4, -0.2) is 39.2 Å². The van der Waals surface area contributed by atoms with E-state index in [-0.39, 0.29) is 10.8 Å². The third kappa shape index (κ3) is 7.36. The molecule has 0 saturated carbocycles. The number of Topliss-reactive ketones (excluding diaryl/α,β-unsaturated/α-hetero) is 1. The molecule has 0 unspecified atom stereocenters. The zero-order chi connectivity index (χ0) is 22.1. The highest BCUT2D eigenvalue weighted by atomic mass is 79.9. The number of ketones is 1. The number of carbonyl (C=O) groups is 3. The minimum absolute atomic E-state index is 0.00753. The third-order valence-corrected chi connectivity index (χ3v) is 5.74. The molecule has 2 rings (SSSR count). The maximum atomic E-state index is 12.2. The molecule has 2 N–H and O–H groups in total. The average Bonchev–Trinajstić information content (AvgIpc) is 2.71. The monoisotopic (exact) mass is 496 g/mol. The van der Waals surface area contributed by atoms with Crippen LogP contribution in [0, 0.1) is 0 Å². The molecule has 2 aromatic carbocycles. The summed E-state index contributed by atoms with van der Waals surface area (Å²) in [5, 5.41) is 2.70. The fourth-order valence-corrected chi connectivity index (χ4v) is 3.91. The molecular formula is C20H21BrN2O6S. The van der Waals surface area contributed by atoms with E-state index in [1.807, 2.05) is 6.92 Å². The fourth-order valence-electron chi connectivity index (χ4n) is 2.34. The van der Waals surface area contributed by atoms with Gasteiger partial charge in [0.25, 0.3) is 0 Å². The van der Waals surface area contributed by atoms with Crippen LogP contribution in [0.1, 0.15) is 30.1 Å². The molecule has 0 atom stereocenters. The smallest absolute Gasteiger partial charge is 0.321 e. The number of rotatable bonds is 10. The Hall–Kier alpha value is -2.56. The third-order valence-electron chi connectivity index (χ3n) is 3.84. The van der Waals surface area contributed by atoms with E-state index in [2.05, 4.69) is 26.0 Å². The maximum Gasteiger partial charge on any atom is 0.321 e. The van der Waals surface area contributed by atoms with Crippen LogP contribution in [0.15, 0.2) is 57.9 Å². The highest BCUT2D eigenvalue weighted by molar-refractivity contribution is 9.10. The van der Waals surface area contributed by atoms with Gasteiger partial charge in [-0.25, -0.2) is 8.42 Å². The SMILES string of the molecule is CCCC(=O)Nc1ccc(C(=O)COC(=O)CNS(=O)(=O)c2cccc(Br)c2)cc1. The van der Waals surface area contributed by atoms with E-state index in [1.165, 1.54) is 24.3 Å². The van der Waals surface area contributed by atoms with E-state index in [1.54, 1.807) is 24.3 Å². The summed E-state index contributed by atoms with van der Waals surface area (Å²) in [5.74, 6) is -1.45. The van der Waals surface area contributed by atoms with Gasteiger partial charge in [0.05, 0.1) is 4.90 Å². The van der Waals surface area contributed by atoms with Gasteiger partial charge in [-0.2, -0.15) is 4.72 Å². The van der Waals surface area contributed by atoms with Crippen LogP contribution in [0.2, 0.25) is 0 Å². The molecule has 0 radical (unpaired) electrons. The minimum atomic E-state index is -3.89. The predicted octanol–water partition coefficient (Wildman–Crippen LogP) is 2.89. The molecule has 160 valence electrons. The second-order valence-corrected chi connectivity index (χ2v) is 8.92. The first kappa shape index (κ1) is 23.7. The molecule has 0 bridgehead atoms. The lowest BCUT2D eigenvalue weighted by Gasteiger charge is -2.08. The molecule has 0 saturated heterocycles. The van der Waals surface area contributed by atoms with Gasteiger partial charge >= 0.3 is 5.97 Å². The van der Waals surface area contributed by atoms with Gasteiger partial charge in [0.15, 0.2) is 12.4 Å². The summed E-state index contributed by atoms with van der Waals surface area (Å²) in [5.41, 5.74) is 0.856. The first-order valence-corrected chi connectivity index (χ1v) is 11.3. The lowest BCUT2D eigenvalue weighted by molar-refractivity contribution is -0.141. The fraction of sp³-hybridized carbons (Fsp3) is 0.250. The summed E-state index contributed by atoms with van der Waals surface area (Å²) in [4.78, 5) is 35.5. The topological polar surface area (TPSA) is 119 Å². The van der Waals surface area contributed by atoms with Crippen LogP contribution in [0.5, 0.6) is 0 Å². The van der Waals surface area contributed by atoms with E-state index in [0.29, 0.717) is 22.1 Å². The van der Waals surface area contributed by atoms with Gasteiger partial charge < -0.3 is 10.1 Å². The van der Waals surface area contributed by atoms with Crippen molar-refractivity contribution in [1.29, 1.82) is 0 Å². The number of benzene rings is 2. The molecule has 0 aliphatic rings. The molecule has 30 heavy (non-hydrogen) atoms. The Kier molecular flexibility index (Phi) is 8.70. The van der Waals surface area contributed by atoms with Crippen LogP contribution in [0.4, 0.5) is 5.69 Å². The van der Waals surface area contributed by atoms with E-state index in [9.17, 15) is 22.8 Å². The number of amides is 1. The lowest BCUT2D eigenvalue weighted by atomic mass is 10.1. The summed E-state index contributed by atoms with van der Waals surface area (Å²) in [6, 6.07) is 12.2. The molecule has 2 aromatic rings. The number of anilines is 1. The number of esters is 1. The number of carbonyl (C=O) groups excluding carboxylic acids is 3. The van der Waals surface area contributed by atoms with Crippen molar-refractivity contribution >= 4 is 49.3 Å². The largest absolute Gasteiger partial charge is 0.456 e. The Balaban J connectivity index is 1.83. The summed E-state index contributed by atoms with van der Waals surface area (Å²) in [7, 11) is -3.89. The van der Waals surface area contributed by atoms with Crippen molar-refractivity contribution < 1.29 is 27.5 Å². The summed E-state index contributed by atoms with van der Waals surface area (Å²) in [6.07, 6.45) is 1.13. The molecular weight excluding hydrogens is 476 g/mol. The van der Waals surface area contributed by atoms with Gasteiger partial charge in [-0.1, -0.05) is 28.9 Å². The van der Waals surface area contributed by atoms with Crippen LogP contribution in [0.25, 0.3) is 0 Å². The van der Waals surface area contributed by atoms with Crippen molar-refractivity contribution in [2.45, 2.75) is 24.7 Å². The Morgan fingerprint density at radius 2 is 1.77 bits per heavy atom. The second-order valence-electron chi connectivity index (χ2n) is 6.24. The molecule has 8 nitrogen and oxygen atoms in total. The number of hydrogen-bond acceptors (Lipinski definition) is 6. The van der Waals surface area contributed by atoms with Gasteiger partial charge in [-0.3, -0.25) is 14.4 Å². The van der Waals surface area contributed by atoms with Crippen molar-refractivity contribution in [3.63, 3.8) is 0 Å². The molecule has 10 heteroatoms. The van der Waals surface area contributed by atoms with E-state index in [0.717, 1.165) is 6.42 Å². The van der Waals surface area contributed by atoms with Crippen LogP contribution >= 0.6 is 15.9 Å². The summed E-state index contributed by atoms with van der Waals surface area (Å²) < 4.78 is 31.9. The Morgan fingerprint density at radius 3 is 2.40 bits per heavy atom. The van der Waals surface area contributed by atoms with E-state index >= 15 is 0 Å². The molecule has 0 aliphatic carbocycles. The standard InChI is InChI=1S/C20H21BrN2O6S/c1-2-4-19(25)23-16-9-7-14(8-10-16)18(24)13-29-20(26)12-22-30(27,28)17-6-3-5-15(21)11-17/h3,5-11,22H,2,4,12-13H2,1H3,(H,23,25). The molecule has 0 spiro atoms. The number of ether oxygens (including phenoxy) is 1. The Labute approximate surface area is 183 Å². The zero-order valence-corrected chi connectivity index (χ0v) is 18.6. The van der Waals surface area contributed by atoms with E-state index in [4.69, 9.17) is 4.74 Å². The van der Waals surface area contributed by atoms with Crippen molar-refractivity contribution in [2.24, 2.45) is 0 Å². The number of hydrogen-bond donors (Lipinski definition) is 2. The van der Waals surface area contributed by atoms with E-state index < -0.39 is 34.9 Å². The van der Waals surface area contributed by atoms with Crippen molar-refractivity contribution in [3.8, 4) is 0 Å². The predicted molar refractivity (Wildman–Crippen MR) is 115 cm³/mol. The molecule has 1 amide bonds. The highest BCUT2D eigenvalue weighted by Crippen LogP contribution is 2.15. The maximum absolute atomic E-state index is 12.2. The summed E-state index contributed by atoms with van der Waals surface area (Å²) >= 11 is 3.18. The first-order chi connectivity index (χ1) is 14.2. The van der Waals surface area contributed by atoms with Gasteiger partial charge in [-0.05, 0) is 48.9 Å². The van der Waals surface area contributed by atoms with Crippen LogP contribution in [0.3, 0.4) is 0 Å². The molecule has 0 heterocycles. The van der Waals surface area contributed by atoms with Crippen molar-refractivity contribution in [3.05, 3.63) is 58.6 Å². The molecule has 0 fully saturated rings. The normalized spacial score (nSPS) is 11.0. The first-order valence-electron chi connectivity index (χ1n) is 9.05.